The van der Waals surface area contributed by atoms with Gasteiger partial charge in [-0.25, -0.2) is 0 Å². The van der Waals surface area contributed by atoms with Crippen molar-refractivity contribution >= 4 is 5.91 Å². The Morgan fingerprint density at radius 3 is 2.65 bits per heavy atom. The predicted octanol–water partition coefficient (Wildman–Crippen LogP) is 2.49. The molecule has 1 aliphatic rings. The van der Waals surface area contributed by atoms with Crippen LogP contribution in [0.4, 0.5) is 0 Å². The molecule has 0 radical (unpaired) electrons. The van der Waals surface area contributed by atoms with Gasteiger partial charge in [-0.15, -0.1) is 0 Å². The minimum absolute atomic E-state index is 0.00711. The standard InChI is InChI=1S/C20H25N3O3/c1-25-17-6-7-18(19(13-17)26-2)20(24)23-11-8-15(9-12-23)22-14-16-5-3-4-10-21-16/h3-7,10,13,15,22H,8-9,11-12,14H2,1-2H3. The zero-order valence-corrected chi connectivity index (χ0v) is 15.3. The average molecular weight is 355 g/mol. The predicted molar refractivity (Wildman–Crippen MR) is 99.5 cm³/mol. The topological polar surface area (TPSA) is 63.7 Å². The highest BCUT2D eigenvalue weighted by Gasteiger charge is 2.25. The molecule has 6 heteroatoms. The number of pyridine rings is 1. The molecule has 1 amide bonds. The van der Waals surface area contributed by atoms with Crippen LogP contribution in [-0.4, -0.2) is 49.1 Å². The maximum atomic E-state index is 12.8. The van der Waals surface area contributed by atoms with Gasteiger partial charge in [0.1, 0.15) is 11.5 Å². The maximum absolute atomic E-state index is 12.8. The molecule has 26 heavy (non-hydrogen) atoms. The molecule has 1 aromatic carbocycles. The number of amides is 1. The van der Waals surface area contributed by atoms with Crippen LogP contribution in [0.15, 0.2) is 42.6 Å². The summed E-state index contributed by atoms with van der Waals surface area (Å²) in [7, 11) is 3.17. The Morgan fingerprint density at radius 2 is 2.00 bits per heavy atom. The SMILES string of the molecule is COc1ccc(C(=O)N2CCC(NCc3ccccn3)CC2)c(OC)c1. The summed E-state index contributed by atoms with van der Waals surface area (Å²) in [6.07, 6.45) is 3.66. The van der Waals surface area contributed by atoms with Crippen molar-refractivity contribution in [2.45, 2.75) is 25.4 Å². The number of hydrogen-bond donors (Lipinski definition) is 1. The summed E-state index contributed by atoms with van der Waals surface area (Å²) in [5.41, 5.74) is 1.61. The smallest absolute Gasteiger partial charge is 0.257 e. The summed E-state index contributed by atoms with van der Waals surface area (Å²) in [5.74, 6) is 1.23. The van der Waals surface area contributed by atoms with Crippen molar-refractivity contribution in [1.82, 2.24) is 15.2 Å². The second-order valence-corrected chi connectivity index (χ2v) is 6.33. The third-order valence-corrected chi connectivity index (χ3v) is 4.72. The van der Waals surface area contributed by atoms with E-state index in [9.17, 15) is 4.79 Å². The number of nitrogens with one attached hydrogen (secondary N) is 1. The van der Waals surface area contributed by atoms with Gasteiger partial charge in [0.15, 0.2) is 0 Å². The van der Waals surface area contributed by atoms with Crippen molar-refractivity contribution in [3.8, 4) is 11.5 Å². The number of benzene rings is 1. The van der Waals surface area contributed by atoms with E-state index >= 15 is 0 Å². The highest BCUT2D eigenvalue weighted by Crippen LogP contribution is 2.26. The normalized spacial score (nSPS) is 14.9. The van der Waals surface area contributed by atoms with Gasteiger partial charge in [-0.1, -0.05) is 6.07 Å². The van der Waals surface area contributed by atoms with Crippen molar-refractivity contribution < 1.29 is 14.3 Å². The first-order chi connectivity index (χ1) is 12.7. The van der Waals surface area contributed by atoms with Crippen LogP contribution in [0.3, 0.4) is 0 Å². The Hall–Kier alpha value is -2.60. The number of hydrogen-bond acceptors (Lipinski definition) is 5. The van der Waals surface area contributed by atoms with Crippen LogP contribution >= 0.6 is 0 Å². The summed E-state index contributed by atoms with van der Waals surface area (Å²) in [6, 6.07) is 11.6. The number of ether oxygens (including phenoxy) is 2. The van der Waals surface area contributed by atoms with E-state index in [1.807, 2.05) is 23.1 Å². The molecule has 2 aromatic rings. The van der Waals surface area contributed by atoms with E-state index < -0.39 is 0 Å². The van der Waals surface area contributed by atoms with Gasteiger partial charge in [-0.05, 0) is 37.1 Å². The zero-order valence-electron chi connectivity index (χ0n) is 15.3. The lowest BCUT2D eigenvalue weighted by atomic mass is 10.0. The first kappa shape index (κ1) is 18.2. The highest BCUT2D eigenvalue weighted by atomic mass is 16.5. The molecule has 1 N–H and O–H groups in total. The number of methoxy groups -OCH3 is 2. The summed E-state index contributed by atoms with van der Waals surface area (Å²) >= 11 is 0. The number of aromatic nitrogens is 1. The molecule has 6 nitrogen and oxygen atoms in total. The molecule has 0 saturated carbocycles. The Kier molecular flexibility index (Phi) is 6.07. The minimum Gasteiger partial charge on any atom is -0.497 e. The van der Waals surface area contributed by atoms with Crippen molar-refractivity contribution in [3.05, 3.63) is 53.9 Å². The number of nitrogens with zero attached hydrogens (tertiary/aromatic N) is 2. The third-order valence-electron chi connectivity index (χ3n) is 4.72. The Labute approximate surface area is 154 Å². The third kappa shape index (κ3) is 4.32. The largest absolute Gasteiger partial charge is 0.497 e. The van der Waals surface area contributed by atoms with Crippen molar-refractivity contribution in [3.63, 3.8) is 0 Å². The lowest BCUT2D eigenvalue weighted by Gasteiger charge is -2.32. The average Bonchev–Trinajstić information content (AvgIpc) is 2.72. The molecule has 138 valence electrons. The second kappa shape index (κ2) is 8.67. The van der Waals surface area contributed by atoms with Gasteiger partial charge in [0, 0.05) is 37.9 Å². The molecular weight excluding hydrogens is 330 g/mol. The van der Waals surface area contributed by atoms with Crippen LogP contribution in [0.2, 0.25) is 0 Å². The number of likely N-dealkylation sites (tertiary alicyclic amines) is 1. The van der Waals surface area contributed by atoms with E-state index in [0.717, 1.165) is 38.2 Å². The molecule has 0 spiro atoms. The van der Waals surface area contributed by atoms with Crippen molar-refractivity contribution in [1.29, 1.82) is 0 Å². The summed E-state index contributed by atoms with van der Waals surface area (Å²) in [4.78, 5) is 19.1. The lowest BCUT2D eigenvalue weighted by Crippen LogP contribution is -2.44. The summed E-state index contributed by atoms with van der Waals surface area (Å²) < 4.78 is 10.6. The van der Waals surface area contributed by atoms with E-state index in [0.29, 0.717) is 23.1 Å². The molecule has 1 aliphatic heterocycles. The fourth-order valence-corrected chi connectivity index (χ4v) is 3.18. The van der Waals surface area contributed by atoms with Gasteiger partial charge in [0.25, 0.3) is 5.91 Å². The molecule has 0 unspecified atom stereocenters. The van der Waals surface area contributed by atoms with Gasteiger partial charge in [-0.3, -0.25) is 9.78 Å². The molecule has 0 atom stereocenters. The number of rotatable bonds is 6. The Morgan fingerprint density at radius 1 is 1.19 bits per heavy atom. The van der Waals surface area contributed by atoms with Crippen LogP contribution < -0.4 is 14.8 Å². The molecule has 1 saturated heterocycles. The van der Waals surface area contributed by atoms with Gasteiger partial charge >= 0.3 is 0 Å². The van der Waals surface area contributed by atoms with Crippen LogP contribution in [0.1, 0.15) is 28.9 Å². The van der Waals surface area contributed by atoms with Gasteiger partial charge < -0.3 is 19.7 Å². The van der Waals surface area contributed by atoms with Crippen LogP contribution in [0, 0.1) is 0 Å². The highest BCUT2D eigenvalue weighted by molar-refractivity contribution is 5.97. The van der Waals surface area contributed by atoms with Crippen molar-refractivity contribution in [2.75, 3.05) is 27.3 Å². The van der Waals surface area contributed by atoms with Crippen molar-refractivity contribution in [2.24, 2.45) is 0 Å². The molecular formula is C20H25N3O3. The molecule has 0 aliphatic carbocycles. The van der Waals surface area contributed by atoms with Crippen LogP contribution in [0.25, 0.3) is 0 Å². The molecule has 3 rings (SSSR count). The number of carbonyl (C=O) groups is 1. The lowest BCUT2D eigenvalue weighted by molar-refractivity contribution is 0.0701. The monoisotopic (exact) mass is 355 g/mol. The first-order valence-electron chi connectivity index (χ1n) is 8.86. The number of carbonyl (C=O) groups excluding carboxylic acids is 1. The number of piperidine rings is 1. The van der Waals surface area contributed by atoms with Crippen LogP contribution in [-0.2, 0) is 6.54 Å². The molecule has 2 heterocycles. The fraction of sp³-hybridized carbons (Fsp3) is 0.400. The molecule has 1 fully saturated rings. The van der Waals surface area contributed by atoms with E-state index in [2.05, 4.69) is 10.3 Å². The quantitative estimate of drug-likeness (QED) is 0.863. The van der Waals surface area contributed by atoms with Gasteiger partial charge in [0.2, 0.25) is 0 Å². The van der Waals surface area contributed by atoms with E-state index in [-0.39, 0.29) is 5.91 Å². The second-order valence-electron chi connectivity index (χ2n) is 6.33. The van der Waals surface area contributed by atoms with E-state index in [1.165, 1.54) is 0 Å². The Bertz CT molecular complexity index is 728. The van der Waals surface area contributed by atoms with Crippen LogP contribution in [0.5, 0.6) is 11.5 Å². The first-order valence-corrected chi connectivity index (χ1v) is 8.86. The zero-order chi connectivity index (χ0) is 18.4. The molecule has 1 aromatic heterocycles. The fourth-order valence-electron chi connectivity index (χ4n) is 3.18. The van der Waals surface area contributed by atoms with E-state index in [4.69, 9.17) is 9.47 Å². The molecule has 0 bridgehead atoms. The maximum Gasteiger partial charge on any atom is 0.257 e. The minimum atomic E-state index is 0.00711. The summed E-state index contributed by atoms with van der Waals surface area (Å²) in [6.45, 7) is 2.22. The van der Waals surface area contributed by atoms with Gasteiger partial charge in [-0.2, -0.15) is 0 Å². The Balaban J connectivity index is 1.55. The summed E-state index contributed by atoms with van der Waals surface area (Å²) in [5, 5.41) is 3.53. The van der Waals surface area contributed by atoms with Gasteiger partial charge in [0.05, 0.1) is 25.5 Å². The van der Waals surface area contributed by atoms with E-state index in [1.54, 1.807) is 38.6 Å².